The lowest BCUT2D eigenvalue weighted by Gasteiger charge is -2.37. The minimum absolute atomic E-state index is 0.173. The smallest absolute Gasteiger partial charge is 0.249 e. The van der Waals surface area contributed by atoms with E-state index in [-0.39, 0.29) is 22.7 Å². The number of likely N-dealkylation sites (tertiary alicyclic amines) is 1. The molecule has 3 aliphatic rings. The van der Waals surface area contributed by atoms with Crippen molar-refractivity contribution in [3.63, 3.8) is 0 Å². The average molecular weight is 294 g/mol. The fraction of sp³-hybridized carbons (Fsp3) is 0.824. The van der Waals surface area contributed by atoms with Gasteiger partial charge in [-0.3, -0.25) is 9.69 Å². The molecule has 3 rings (SSSR count). The van der Waals surface area contributed by atoms with Crippen LogP contribution < -0.4 is 5.32 Å². The highest BCUT2D eigenvalue weighted by molar-refractivity contribution is 5.94. The van der Waals surface area contributed by atoms with Gasteiger partial charge in [0.15, 0.2) is 0 Å². The number of amides is 1. The third kappa shape index (κ3) is 2.52. The van der Waals surface area contributed by atoms with E-state index in [4.69, 9.17) is 0 Å². The van der Waals surface area contributed by atoms with Gasteiger partial charge in [0.25, 0.3) is 0 Å². The molecule has 0 radical (unpaired) electrons. The first kappa shape index (κ1) is 15.0. The van der Waals surface area contributed by atoms with Crippen molar-refractivity contribution < 1.29 is 9.18 Å². The molecule has 118 valence electrons. The summed E-state index contributed by atoms with van der Waals surface area (Å²) in [6.07, 6.45) is 4.11. The predicted octanol–water partition coefficient (Wildman–Crippen LogP) is 3.16. The SMILES string of the molecule is CC1C[C@@]2(CNC(=O)C3=C(F)CCC3)C[C@H]2N1C(C)(C)C. The summed E-state index contributed by atoms with van der Waals surface area (Å²) >= 11 is 0. The number of rotatable bonds is 3. The number of hydrogen-bond acceptors (Lipinski definition) is 2. The van der Waals surface area contributed by atoms with Crippen LogP contribution in [0.5, 0.6) is 0 Å². The zero-order valence-electron chi connectivity index (χ0n) is 13.6. The molecule has 1 N–H and O–H groups in total. The van der Waals surface area contributed by atoms with Crippen LogP contribution in [0.2, 0.25) is 0 Å². The molecule has 2 aliphatic carbocycles. The fourth-order valence-corrected chi connectivity index (χ4v) is 4.63. The quantitative estimate of drug-likeness (QED) is 0.867. The van der Waals surface area contributed by atoms with Gasteiger partial charge in [-0.25, -0.2) is 4.39 Å². The molecular weight excluding hydrogens is 267 g/mol. The molecule has 1 saturated carbocycles. The number of fused-ring (bicyclic) bond motifs is 1. The highest BCUT2D eigenvalue weighted by Crippen LogP contribution is 2.60. The number of nitrogens with zero attached hydrogens (tertiary/aromatic N) is 1. The lowest BCUT2D eigenvalue weighted by molar-refractivity contribution is -0.117. The van der Waals surface area contributed by atoms with Gasteiger partial charge < -0.3 is 5.32 Å². The molecule has 1 unspecified atom stereocenters. The van der Waals surface area contributed by atoms with Crippen LogP contribution in [0.15, 0.2) is 11.4 Å². The Balaban J connectivity index is 1.61. The largest absolute Gasteiger partial charge is 0.352 e. The molecule has 0 bridgehead atoms. The second-order valence-corrected chi connectivity index (χ2v) is 8.13. The molecule has 0 aromatic rings. The summed E-state index contributed by atoms with van der Waals surface area (Å²) in [5.41, 5.74) is 0.798. The van der Waals surface area contributed by atoms with E-state index in [1.165, 1.54) is 0 Å². The van der Waals surface area contributed by atoms with Gasteiger partial charge in [-0.2, -0.15) is 0 Å². The fourth-order valence-electron chi connectivity index (χ4n) is 4.63. The van der Waals surface area contributed by atoms with Crippen LogP contribution in [0.3, 0.4) is 0 Å². The highest BCUT2D eigenvalue weighted by atomic mass is 19.1. The van der Waals surface area contributed by atoms with Crippen molar-refractivity contribution in [1.82, 2.24) is 10.2 Å². The molecule has 4 heteroatoms. The molecule has 2 fully saturated rings. The topological polar surface area (TPSA) is 32.3 Å². The van der Waals surface area contributed by atoms with E-state index in [2.05, 4.69) is 37.9 Å². The Kier molecular flexibility index (Phi) is 3.43. The summed E-state index contributed by atoms with van der Waals surface area (Å²) in [5.74, 6) is -0.375. The first-order valence-corrected chi connectivity index (χ1v) is 8.19. The number of allylic oxidation sites excluding steroid dienone is 1. The van der Waals surface area contributed by atoms with Gasteiger partial charge in [0, 0.05) is 35.2 Å². The van der Waals surface area contributed by atoms with Crippen molar-refractivity contribution in [2.24, 2.45) is 5.41 Å². The van der Waals surface area contributed by atoms with Crippen LogP contribution in [0.25, 0.3) is 0 Å². The Labute approximate surface area is 127 Å². The van der Waals surface area contributed by atoms with E-state index in [0.29, 0.717) is 37.0 Å². The van der Waals surface area contributed by atoms with Crippen molar-refractivity contribution in [2.75, 3.05) is 6.54 Å². The van der Waals surface area contributed by atoms with Crippen LogP contribution in [0.4, 0.5) is 4.39 Å². The Hall–Kier alpha value is -0.900. The third-order valence-corrected chi connectivity index (χ3v) is 5.46. The van der Waals surface area contributed by atoms with E-state index < -0.39 is 0 Å². The number of nitrogens with one attached hydrogen (secondary N) is 1. The number of hydrogen-bond donors (Lipinski definition) is 1. The summed E-state index contributed by atoms with van der Waals surface area (Å²) in [7, 11) is 0. The molecule has 0 aromatic carbocycles. The summed E-state index contributed by atoms with van der Waals surface area (Å²) in [6, 6.07) is 1.14. The number of carbonyl (C=O) groups is 1. The average Bonchev–Trinajstić information content (AvgIpc) is 2.74. The predicted molar refractivity (Wildman–Crippen MR) is 81.5 cm³/mol. The van der Waals surface area contributed by atoms with Crippen molar-refractivity contribution in [3.05, 3.63) is 11.4 Å². The van der Waals surface area contributed by atoms with Gasteiger partial charge in [-0.15, -0.1) is 0 Å². The molecule has 0 aromatic heterocycles. The normalized spacial score (nSPS) is 36.0. The number of piperidine rings is 1. The van der Waals surface area contributed by atoms with Crippen LogP contribution in [-0.2, 0) is 4.79 Å². The van der Waals surface area contributed by atoms with Gasteiger partial charge in [0.1, 0.15) is 5.83 Å². The first-order chi connectivity index (χ1) is 9.74. The van der Waals surface area contributed by atoms with E-state index in [9.17, 15) is 9.18 Å². The minimum Gasteiger partial charge on any atom is -0.352 e. The van der Waals surface area contributed by atoms with Crippen molar-refractivity contribution in [3.8, 4) is 0 Å². The summed E-state index contributed by atoms with van der Waals surface area (Å²) < 4.78 is 13.5. The van der Waals surface area contributed by atoms with Crippen LogP contribution in [0.1, 0.15) is 59.8 Å². The molecule has 3 nitrogen and oxygen atoms in total. The molecule has 3 atom stereocenters. The second-order valence-electron chi connectivity index (χ2n) is 8.13. The van der Waals surface area contributed by atoms with Gasteiger partial charge in [-0.1, -0.05) is 0 Å². The van der Waals surface area contributed by atoms with Gasteiger partial charge >= 0.3 is 0 Å². The Morgan fingerprint density at radius 2 is 2.10 bits per heavy atom. The van der Waals surface area contributed by atoms with Gasteiger partial charge in [0.2, 0.25) is 5.91 Å². The standard InChI is InChI=1S/C17H27FN2O/c1-11-8-17(9-14(17)20(11)16(2,3)4)10-19-15(21)12-6-5-7-13(12)18/h11,14H,5-10H2,1-4H3,(H,19,21)/t11?,14-,17+/m1/s1. The highest BCUT2D eigenvalue weighted by Gasteiger charge is 2.65. The minimum atomic E-state index is -0.201. The maximum atomic E-state index is 13.5. The van der Waals surface area contributed by atoms with E-state index >= 15 is 0 Å². The van der Waals surface area contributed by atoms with E-state index in [0.717, 1.165) is 19.3 Å². The lowest BCUT2D eigenvalue weighted by atomic mass is 9.99. The number of carbonyl (C=O) groups excluding carboxylic acids is 1. The van der Waals surface area contributed by atoms with Gasteiger partial charge in [-0.05, 0) is 59.8 Å². The molecule has 0 spiro atoms. The Morgan fingerprint density at radius 3 is 2.62 bits per heavy atom. The molecule has 1 amide bonds. The molecule has 21 heavy (non-hydrogen) atoms. The Bertz CT molecular complexity index is 494. The summed E-state index contributed by atoms with van der Waals surface area (Å²) in [4.78, 5) is 14.7. The third-order valence-electron chi connectivity index (χ3n) is 5.46. The molecule has 1 aliphatic heterocycles. The van der Waals surface area contributed by atoms with Crippen molar-refractivity contribution in [2.45, 2.75) is 77.4 Å². The zero-order chi connectivity index (χ0) is 15.4. The summed E-state index contributed by atoms with van der Waals surface area (Å²) in [5, 5.41) is 3.01. The van der Waals surface area contributed by atoms with Crippen LogP contribution in [-0.4, -0.2) is 35.0 Å². The lowest BCUT2D eigenvalue weighted by Crippen LogP contribution is -2.45. The maximum Gasteiger partial charge on any atom is 0.249 e. The van der Waals surface area contributed by atoms with Gasteiger partial charge in [0.05, 0.1) is 0 Å². The van der Waals surface area contributed by atoms with Crippen LogP contribution >= 0.6 is 0 Å². The molecular formula is C17H27FN2O. The van der Waals surface area contributed by atoms with Crippen molar-refractivity contribution >= 4 is 5.91 Å². The van der Waals surface area contributed by atoms with E-state index in [1.54, 1.807) is 0 Å². The molecule has 1 heterocycles. The summed E-state index contributed by atoms with van der Waals surface area (Å²) in [6.45, 7) is 9.75. The molecule has 1 saturated heterocycles. The number of halogens is 1. The second kappa shape index (κ2) is 4.80. The Morgan fingerprint density at radius 1 is 1.38 bits per heavy atom. The maximum absolute atomic E-state index is 13.5. The van der Waals surface area contributed by atoms with E-state index in [1.807, 2.05) is 0 Å². The zero-order valence-corrected chi connectivity index (χ0v) is 13.6. The van der Waals surface area contributed by atoms with Crippen molar-refractivity contribution in [1.29, 1.82) is 0 Å². The first-order valence-electron chi connectivity index (χ1n) is 8.19. The van der Waals surface area contributed by atoms with Crippen LogP contribution in [0, 0.1) is 5.41 Å². The monoisotopic (exact) mass is 294 g/mol.